The molecule has 0 aliphatic carbocycles. The van der Waals surface area contributed by atoms with E-state index in [1.165, 1.54) is 0 Å². The van der Waals surface area contributed by atoms with Gasteiger partial charge in [-0.2, -0.15) is 5.10 Å². The summed E-state index contributed by atoms with van der Waals surface area (Å²) in [4.78, 5) is 13.1. The minimum Gasteiger partial charge on any atom is -0.497 e. The van der Waals surface area contributed by atoms with Crippen LogP contribution in [0.4, 0.5) is 5.69 Å². The number of carbonyl (C=O) groups excluding carboxylic acids is 1. The monoisotopic (exact) mass is 408 g/mol. The number of rotatable bonds is 10. The average molecular weight is 409 g/mol. The molecule has 0 bridgehead atoms. The largest absolute Gasteiger partial charge is 0.497 e. The fraction of sp³-hybridized carbons (Fsp3) is 0.304. The van der Waals surface area contributed by atoms with E-state index in [0.29, 0.717) is 18.9 Å². The van der Waals surface area contributed by atoms with Crippen LogP contribution >= 0.6 is 0 Å². The van der Waals surface area contributed by atoms with Crippen LogP contribution in [0.1, 0.15) is 25.5 Å². The van der Waals surface area contributed by atoms with Crippen LogP contribution in [0.25, 0.3) is 11.1 Å². The van der Waals surface area contributed by atoms with E-state index in [0.717, 1.165) is 22.4 Å². The molecule has 0 aliphatic heterocycles. The second-order valence-electron chi connectivity index (χ2n) is 7.14. The summed E-state index contributed by atoms with van der Waals surface area (Å²) in [6.07, 6.45) is 3.73. The van der Waals surface area contributed by atoms with Gasteiger partial charge in [-0.05, 0) is 49.2 Å². The number of nitrogens with one attached hydrogen (secondary N) is 3. The molecule has 7 nitrogen and oxygen atoms in total. The van der Waals surface area contributed by atoms with E-state index in [1.807, 2.05) is 68.6 Å². The molecule has 0 spiro atoms. The van der Waals surface area contributed by atoms with Crippen molar-refractivity contribution in [1.82, 2.24) is 15.5 Å². The lowest BCUT2D eigenvalue weighted by Gasteiger charge is -2.20. The molecule has 7 heteroatoms. The first-order chi connectivity index (χ1) is 14.6. The molecule has 3 aromatic rings. The van der Waals surface area contributed by atoms with Crippen LogP contribution in [-0.4, -0.2) is 42.5 Å². The van der Waals surface area contributed by atoms with Crippen molar-refractivity contribution < 1.29 is 14.3 Å². The number of anilines is 1. The summed E-state index contributed by atoms with van der Waals surface area (Å²) in [7, 11) is 1.61. The first-order valence-electron chi connectivity index (χ1n) is 9.96. The second kappa shape index (κ2) is 10.6. The summed E-state index contributed by atoms with van der Waals surface area (Å²) in [5.74, 6) is 0.554. The zero-order chi connectivity index (χ0) is 21.3. The highest BCUT2D eigenvalue weighted by molar-refractivity contribution is 5.95. The first kappa shape index (κ1) is 21.5. The zero-order valence-corrected chi connectivity index (χ0v) is 17.5. The van der Waals surface area contributed by atoms with Gasteiger partial charge in [-0.3, -0.25) is 15.2 Å². The summed E-state index contributed by atoms with van der Waals surface area (Å²) in [5, 5.41) is 13.0. The highest BCUT2D eigenvalue weighted by Crippen LogP contribution is 2.23. The number of aromatic nitrogens is 2. The van der Waals surface area contributed by atoms with Gasteiger partial charge in [-0.15, -0.1) is 0 Å². The number of aromatic amines is 1. The third kappa shape index (κ3) is 5.92. The molecule has 0 radical (unpaired) electrons. The number of carbonyl (C=O) groups is 1. The Bertz CT molecular complexity index is 924. The Hall–Kier alpha value is -3.16. The molecule has 1 atom stereocenters. The summed E-state index contributed by atoms with van der Waals surface area (Å²) in [5.41, 5.74) is 3.57. The third-order valence-corrected chi connectivity index (χ3v) is 4.58. The van der Waals surface area contributed by atoms with Crippen LogP contribution in [0.15, 0.2) is 60.9 Å². The van der Waals surface area contributed by atoms with E-state index in [9.17, 15) is 4.79 Å². The Morgan fingerprint density at radius 1 is 1.13 bits per heavy atom. The predicted molar refractivity (Wildman–Crippen MR) is 117 cm³/mol. The van der Waals surface area contributed by atoms with Gasteiger partial charge in [0.2, 0.25) is 5.91 Å². The van der Waals surface area contributed by atoms with Crippen molar-refractivity contribution >= 4 is 11.6 Å². The van der Waals surface area contributed by atoms with Gasteiger partial charge in [-0.1, -0.05) is 24.3 Å². The van der Waals surface area contributed by atoms with Crippen molar-refractivity contribution in [2.75, 3.05) is 25.6 Å². The Labute approximate surface area is 176 Å². The number of H-pyrrole nitrogens is 1. The highest BCUT2D eigenvalue weighted by atomic mass is 16.5. The standard InChI is InChI=1S/C23H28N4O3/c1-16(2)30-12-11-24-22(18-5-4-6-21(13-18)29-3)23(28)27-20-9-7-17(8-10-20)19-14-25-26-15-19/h4-10,13-16,22,24H,11-12H2,1-3H3,(H,25,26)(H,27,28). The maximum absolute atomic E-state index is 13.1. The molecule has 1 aromatic heterocycles. The Morgan fingerprint density at radius 3 is 2.60 bits per heavy atom. The van der Waals surface area contributed by atoms with Crippen molar-refractivity contribution in [3.8, 4) is 16.9 Å². The van der Waals surface area contributed by atoms with Crippen LogP contribution in [0, 0.1) is 0 Å². The molecule has 1 heterocycles. The molecule has 1 amide bonds. The molecule has 0 saturated heterocycles. The Balaban J connectivity index is 1.71. The summed E-state index contributed by atoms with van der Waals surface area (Å²) in [6.45, 7) is 5.04. The van der Waals surface area contributed by atoms with Crippen LogP contribution in [0.3, 0.4) is 0 Å². The summed E-state index contributed by atoms with van der Waals surface area (Å²) in [6, 6.07) is 14.6. The smallest absolute Gasteiger partial charge is 0.246 e. The molecule has 3 rings (SSSR count). The molecule has 3 N–H and O–H groups in total. The Kier molecular flexibility index (Phi) is 7.59. The molecule has 2 aromatic carbocycles. The fourth-order valence-corrected chi connectivity index (χ4v) is 3.05. The Morgan fingerprint density at radius 2 is 1.93 bits per heavy atom. The number of benzene rings is 2. The van der Waals surface area contributed by atoms with Crippen molar-refractivity contribution in [3.05, 3.63) is 66.5 Å². The van der Waals surface area contributed by atoms with E-state index in [4.69, 9.17) is 9.47 Å². The molecule has 1 unspecified atom stereocenters. The molecule has 0 fully saturated rings. The number of amides is 1. The van der Waals surface area contributed by atoms with E-state index in [1.54, 1.807) is 13.3 Å². The number of ether oxygens (including phenoxy) is 2. The van der Waals surface area contributed by atoms with E-state index >= 15 is 0 Å². The minimum absolute atomic E-state index is 0.143. The van der Waals surface area contributed by atoms with Crippen molar-refractivity contribution in [3.63, 3.8) is 0 Å². The summed E-state index contributed by atoms with van der Waals surface area (Å²) < 4.78 is 10.9. The van der Waals surface area contributed by atoms with Crippen molar-refractivity contribution in [1.29, 1.82) is 0 Å². The van der Waals surface area contributed by atoms with Crippen LogP contribution < -0.4 is 15.4 Å². The molecule has 158 valence electrons. The van der Waals surface area contributed by atoms with Gasteiger partial charge in [0.25, 0.3) is 0 Å². The van der Waals surface area contributed by atoms with Crippen LogP contribution in [0.2, 0.25) is 0 Å². The van der Waals surface area contributed by atoms with Gasteiger partial charge in [0.05, 0.1) is 26.0 Å². The third-order valence-electron chi connectivity index (χ3n) is 4.58. The van der Waals surface area contributed by atoms with E-state index < -0.39 is 6.04 Å². The fourth-order valence-electron chi connectivity index (χ4n) is 3.05. The topological polar surface area (TPSA) is 88.3 Å². The SMILES string of the molecule is COc1cccc(C(NCCOC(C)C)C(=O)Nc2ccc(-c3cn[nH]c3)cc2)c1. The normalized spacial score (nSPS) is 12.0. The van der Waals surface area contributed by atoms with E-state index in [-0.39, 0.29) is 12.0 Å². The molecule has 30 heavy (non-hydrogen) atoms. The van der Waals surface area contributed by atoms with E-state index in [2.05, 4.69) is 20.8 Å². The maximum Gasteiger partial charge on any atom is 0.246 e. The van der Waals surface area contributed by atoms with Gasteiger partial charge in [0, 0.05) is 24.0 Å². The zero-order valence-electron chi connectivity index (χ0n) is 17.5. The second-order valence-corrected chi connectivity index (χ2v) is 7.14. The summed E-state index contributed by atoms with van der Waals surface area (Å²) >= 11 is 0. The van der Waals surface area contributed by atoms with Crippen LogP contribution in [0.5, 0.6) is 5.75 Å². The predicted octanol–water partition coefficient (Wildman–Crippen LogP) is 3.78. The van der Waals surface area contributed by atoms with Crippen molar-refractivity contribution in [2.24, 2.45) is 0 Å². The van der Waals surface area contributed by atoms with Gasteiger partial charge in [0.1, 0.15) is 11.8 Å². The number of hydrogen-bond acceptors (Lipinski definition) is 5. The molecule has 0 aliphatic rings. The molecule has 0 saturated carbocycles. The van der Waals surface area contributed by atoms with Gasteiger partial charge < -0.3 is 14.8 Å². The molecular formula is C23H28N4O3. The lowest BCUT2D eigenvalue weighted by atomic mass is 10.0. The quantitative estimate of drug-likeness (QED) is 0.444. The number of nitrogens with zero attached hydrogens (tertiary/aromatic N) is 1. The number of hydrogen-bond donors (Lipinski definition) is 3. The van der Waals surface area contributed by atoms with Crippen molar-refractivity contribution in [2.45, 2.75) is 26.0 Å². The highest BCUT2D eigenvalue weighted by Gasteiger charge is 2.21. The maximum atomic E-state index is 13.1. The lowest BCUT2D eigenvalue weighted by Crippen LogP contribution is -2.35. The lowest BCUT2D eigenvalue weighted by molar-refractivity contribution is -0.118. The first-order valence-corrected chi connectivity index (χ1v) is 9.96. The van der Waals surface area contributed by atoms with Crippen LogP contribution in [-0.2, 0) is 9.53 Å². The minimum atomic E-state index is -0.538. The van der Waals surface area contributed by atoms with Gasteiger partial charge in [0.15, 0.2) is 0 Å². The van der Waals surface area contributed by atoms with Gasteiger partial charge >= 0.3 is 0 Å². The van der Waals surface area contributed by atoms with Gasteiger partial charge in [-0.25, -0.2) is 0 Å². The number of methoxy groups -OCH3 is 1. The molecular weight excluding hydrogens is 380 g/mol. The average Bonchev–Trinajstić information content (AvgIpc) is 3.29.